The molecule has 30 heavy (non-hydrogen) atoms. The lowest BCUT2D eigenvalue weighted by Crippen LogP contribution is -2.30. The first-order valence-electron chi connectivity index (χ1n) is 8.74. The van der Waals surface area contributed by atoms with Gasteiger partial charge in [0, 0.05) is 6.20 Å². The maximum atomic E-state index is 13.0. The van der Waals surface area contributed by atoms with Crippen LogP contribution in [0.4, 0.5) is 18.9 Å². The molecule has 2 aromatic carbocycles. The zero-order valence-corrected chi connectivity index (χ0v) is 15.0. The summed E-state index contributed by atoms with van der Waals surface area (Å²) in [5.74, 6) is -1.08. The lowest BCUT2D eigenvalue weighted by Gasteiger charge is -2.16. The average Bonchev–Trinajstić information content (AvgIpc) is 3.26. The summed E-state index contributed by atoms with van der Waals surface area (Å²) >= 11 is 0. The van der Waals surface area contributed by atoms with Crippen LogP contribution in [0.5, 0.6) is 0 Å². The molecule has 2 amide bonds. The molecule has 5 rings (SSSR count). The second-order valence-corrected chi connectivity index (χ2v) is 6.58. The zero-order valence-electron chi connectivity index (χ0n) is 15.0. The summed E-state index contributed by atoms with van der Waals surface area (Å²) < 4.78 is 44.6. The third-order valence-corrected chi connectivity index (χ3v) is 4.78. The van der Waals surface area contributed by atoms with Gasteiger partial charge < -0.3 is 4.42 Å². The molecule has 6 nitrogen and oxygen atoms in total. The van der Waals surface area contributed by atoms with Crippen molar-refractivity contribution >= 4 is 28.6 Å². The van der Waals surface area contributed by atoms with Gasteiger partial charge in [-0.2, -0.15) is 13.2 Å². The Balaban J connectivity index is 1.63. The lowest BCUT2D eigenvalue weighted by atomic mass is 10.1. The van der Waals surface area contributed by atoms with Crippen molar-refractivity contribution in [2.75, 3.05) is 4.90 Å². The lowest BCUT2D eigenvalue weighted by molar-refractivity contribution is -0.137. The van der Waals surface area contributed by atoms with Crippen molar-refractivity contribution in [2.45, 2.75) is 6.18 Å². The number of pyridine rings is 1. The highest BCUT2D eigenvalue weighted by atomic mass is 19.4. The molecule has 0 saturated carbocycles. The van der Waals surface area contributed by atoms with Gasteiger partial charge in [-0.15, -0.1) is 0 Å². The molecule has 0 unspecified atom stereocenters. The van der Waals surface area contributed by atoms with Crippen LogP contribution in [-0.4, -0.2) is 21.8 Å². The Kier molecular flexibility index (Phi) is 3.76. The van der Waals surface area contributed by atoms with Crippen LogP contribution in [0.25, 0.3) is 22.6 Å². The van der Waals surface area contributed by atoms with Gasteiger partial charge in [0.2, 0.25) is 5.89 Å². The Labute approximate surface area is 166 Å². The van der Waals surface area contributed by atoms with Crippen molar-refractivity contribution in [3.05, 3.63) is 77.6 Å². The van der Waals surface area contributed by atoms with Crippen molar-refractivity contribution in [3.8, 4) is 11.5 Å². The third kappa shape index (κ3) is 2.66. The molecule has 3 heterocycles. The summed E-state index contributed by atoms with van der Waals surface area (Å²) in [6, 6.07) is 10.8. The number of alkyl halides is 3. The van der Waals surface area contributed by atoms with Crippen LogP contribution in [0, 0.1) is 0 Å². The van der Waals surface area contributed by atoms with Crippen molar-refractivity contribution in [1.82, 2.24) is 9.97 Å². The molecular formula is C21H10F3N3O3. The van der Waals surface area contributed by atoms with E-state index in [1.54, 1.807) is 24.3 Å². The number of carbonyl (C=O) groups is 2. The van der Waals surface area contributed by atoms with Crippen LogP contribution in [0.1, 0.15) is 26.3 Å². The first-order valence-corrected chi connectivity index (χ1v) is 8.74. The maximum absolute atomic E-state index is 13.0. The fraction of sp³-hybridized carbons (Fsp3) is 0.0476. The summed E-state index contributed by atoms with van der Waals surface area (Å²) in [7, 11) is 0. The number of nitrogens with zero attached hydrogens (tertiary/aromatic N) is 3. The molecule has 1 aliphatic rings. The summed E-state index contributed by atoms with van der Waals surface area (Å²) in [5, 5.41) is 0. The van der Waals surface area contributed by atoms with E-state index in [0.29, 0.717) is 0 Å². The highest BCUT2D eigenvalue weighted by Crippen LogP contribution is 2.37. The van der Waals surface area contributed by atoms with E-state index < -0.39 is 23.6 Å². The average molecular weight is 409 g/mol. The van der Waals surface area contributed by atoms with Gasteiger partial charge in [0.25, 0.3) is 11.8 Å². The van der Waals surface area contributed by atoms with Crippen LogP contribution in [0.3, 0.4) is 0 Å². The standard InChI is InChI=1S/C21H10F3N3O3/c22-21(23,24)11-5-6-17-15(9-11)26-18(30-17)14-7-8-25-10-16(14)27-19(28)12-3-1-2-4-13(12)20(27)29/h1-10H. The van der Waals surface area contributed by atoms with E-state index in [9.17, 15) is 22.8 Å². The van der Waals surface area contributed by atoms with Crippen molar-refractivity contribution < 1.29 is 27.2 Å². The van der Waals surface area contributed by atoms with E-state index in [4.69, 9.17) is 4.42 Å². The highest BCUT2D eigenvalue weighted by Gasteiger charge is 2.38. The Hall–Kier alpha value is -4.01. The molecule has 0 radical (unpaired) electrons. The minimum absolute atomic E-state index is 0.00458. The predicted molar refractivity (Wildman–Crippen MR) is 99.8 cm³/mol. The quantitative estimate of drug-likeness (QED) is 0.448. The first kappa shape index (κ1) is 18.0. The van der Waals surface area contributed by atoms with E-state index in [1.165, 1.54) is 24.5 Å². The fourth-order valence-electron chi connectivity index (χ4n) is 3.37. The van der Waals surface area contributed by atoms with Crippen molar-refractivity contribution in [3.63, 3.8) is 0 Å². The monoisotopic (exact) mass is 409 g/mol. The third-order valence-electron chi connectivity index (χ3n) is 4.78. The Morgan fingerprint density at radius 2 is 1.60 bits per heavy atom. The number of hydrogen-bond donors (Lipinski definition) is 0. The molecule has 0 saturated heterocycles. The highest BCUT2D eigenvalue weighted by molar-refractivity contribution is 6.35. The molecule has 1 aliphatic heterocycles. The Morgan fingerprint density at radius 1 is 0.900 bits per heavy atom. The van der Waals surface area contributed by atoms with E-state index in [0.717, 1.165) is 17.0 Å². The number of halogens is 3. The van der Waals surface area contributed by atoms with E-state index >= 15 is 0 Å². The minimum atomic E-state index is -4.52. The molecular weight excluding hydrogens is 399 g/mol. The molecule has 0 aliphatic carbocycles. The van der Waals surface area contributed by atoms with Crippen molar-refractivity contribution in [1.29, 1.82) is 0 Å². The minimum Gasteiger partial charge on any atom is -0.436 e. The number of aromatic nitrogens is 2. The van der Waals surface area contributed by atoms with Crippen LogP contribution < -0.4 is 4.90 Å². The predicted octanol–water partition coefficient (Wildman–Crippen LogP) is 4.71. The van der Waals surface area contributed by atoms with Gasteiger partial charge in [-0.25, -0.2) is 9.88 Å². The maximum Gasteiger partial charge on any atom is 0.416 e. The number of fused-ring (bicyclic) bond motifs is 2. The summed E-state index contributed by atoms with van der Waals surface area (Å²) in [6.45, 7) is 0. The van der Waals surface area contributed by atoms with Gasteiger partial charge in [0.1, 0.15) is 5.52 Å². The second-order valence-electron chi connectivity index (χ2n) is 6.58. The molecule has 0 fully saturated rings. The summed E-state index contributed by atoms with van der Waals surface area (Å²) in [6.07, 6.45) is -1.80. The van der Waals surface area contributed by atoms with Gasteiger partial charge >= 0.3 is 6.18 Å². The van der Waals surface area contributed by atoms with E-state index in [2.05, 4.69) is 9.97 Å². The van der Waals surface area contributed by atoms with Gasteiger partial charge in [-0.3, -0.25) is 14.6 Å². The topological polar surface area (TPSA) is 76.3 Å². The number of anilines is 1. The second kappa shape index (κ2) is 6.24. The van der Waals surface area contributed by atoms with Crippen LogP contribution in [0.2, 0.25) is 0 Å². The Morgan fingerprint density at radius 3 is 2.27 bits per heavy atom. The van der Waals surface area contributed by atoms with Gasteiger partial charge in [-0.1, -0.05) is 12.1 Å². The molecule has 4 aromatic rings. The molecule has 2 aromatic heterocycles. The number of hydrogen-bond acceptors (Lipinski definition) is 5. The van der Waals surface area contributed by atoms with Crippen LogP contribution in [0.15, 0.2) is 65.3 Å². The number of benzene rings is 2. The number of rotatable bonds is 2. The van der Waals surface area contributed by atoms with Gasteiger partial charge in [-0.05, 0) is 36.4 Å². The number of oxazole rings is 1. The van der Waals surface area contributed by atoms with E-state index in [-0.39, 0.29) is 39.4 Å². The van der Waals surface area contributed by atoms with Gasteiger partial charge in [0.15, 0.2) is 5.58 Å². The molecule has 0 N–H and O–H groups in total. The number of carbonyl (C=O) groups excluding carboxylic acids is 2. The first-order chi connectivity index (χ1) is 14.3. The smallest absolute Gasteiger partial charge is 0.416 e. The molecule has 0 spiro atoms. The van der Waals surface area contributed by atoms with Crippen molar-refractivity contribution in [2.24, 2.45) is 0 Å². The molecule has 9 heteroatoms. The number of imide groups is 1. The summed E-state index contributed by atoms with van der Waals surface area (Å²) in [5.41, 5.74) is 0.183. The van der Waals surface area contributed by atoms with Gasteiger partial charge in [0.05, 0.1) is 34.1 Å². The fourth-order valence-corrected chi connectivity index (χ4v) is 3.37. The van der Waals surface area contributed by atoms with E-state index in [1.807, 2.05) is 0 Å². The Bertz CT molecular complexity index is 1310. The van der Waals surface area contributed by atoms with Crippen LogP contribution in [-0.2, 0) is 6.18 Å². The largest absolute Gasteiger partial charge is 0.436 e. The summed E-state index contributed by atoms with van der Waals surface area (Å²) in [4.78, 5) is 34.7. The molecule has 148 valence electrons. The molecule has 0 bridgehead atoms. The zero-order chi connectivity index (χ0) is 21.0. The SMILES string of the molecule is O=C1c2ccccc2C(=O)N1c1cnccc1-c1nc2cc(C(F)(F)F)ccc2o1. The number of amides is 2. The normalized spacial score (nSPS) is 13.9. The molecule has 0 atom stereocenters. The van der Waals surface area contributed by atoms with Crippen LogP contribution >= 0.6 is 0 Å².